The first-order chi connectivity index (χ1) is 10.5. The van der Waals surface area contributed by atoms with Gasteiger partial charge in [-0.15, -0.1) is 0 Å². The maximum absolute atomic E-state index is 12.9. The minimum absolute atomic E-state index is 0.0612. The van der Waals surface area contributed by atoms with E-state index in [0.29, 0.717) is 23.6 Å². The molecule has 0 aromatic carbocycles. The molecule has 0 N–H and O–H groups in total. The van der Waals surface area contributed by atoms with Crippen LogP contribution in [-0.4, -0.2) is 58.7 Å². The van der Waals surface area contributed by atoms with Crippen molar-refractivity contribution in [3.63, 3.8) is 0 Å². The molecule has 130 valence electrons. The smallest absolute Gasteiger partial charge is 0.274 e. The molecule has 2 rings (SSSR count). The van der Waals surface area contributed by atoms with E-state index in [2.05, 4.69) is 65.6 Å². The molecule has 0 radical (unpaired) electrons. The number of likely N-dealkylation sites (tertiary alicyclic amines) is 1. The second kappa shape index (κ2) is 6.27. The fourth-order valence-corrected chi connectivity index (χ4v) is 3.40. The molecule has 1 fully saturated rings. The van der Waals surface area contributed by atoms with E-state index >= 15 is 0 Å². The lowest BCUT2D eigenvalue weighted by Gasteiger charge is -2.24. The van der Waals surface area contributed by atoms with Gasteiger partial charge in [-0.1, -0.05) is 20.8 Å². The zero-order valence-corrected chi connectivity index (χ0v) is 15.9. The minimum atomic E-state index is -0.122. The SMILES string of the molecule is CC(C)c1cc(C(=O)N2C[C@@H](N(C)C)[C@@H](C)C2)nn1C(C)(C)C. The van der Waals surface area contributed by atoms with Crippen molar-refractivity contribution >= 4 is 5.91 Å². The normalized spacial score (nSPS) is 22.4. The van der Waals surface area contributed by atoms with Crippen LogP contribution >= 0.6 is 0 Å². The second-order valence-electron chi connectivity index (χ2n) is 8.41. The molecule has 1 aromatic heterocycles. The Kier molecular flexibility index (Phi) is 4.90. The quantitative estimate of drug-likeness (QED) is 0.860. The van der Waals surface area contributed by atoms with Crippen LogP contribution in [0, 0.1) is 5.92 Å². The Balaban J connectivity index is 2.27. The summed E-state index contributed by atoms with van der Waals surface area (Å²) in [5.41, 5.74) is 1.58. The van der Waals surface area contributed by atoms with Crippen molar-refractivity contribution in [1.82, 2.24) is 19.6 Å². The lowest BCUT2D eigenvalue weighted by Crippen LogP contribution is -2.36. The van der Waals surface area contributed by atoms with Crippen LogP contribution in [0.1, 0.15) is 63.6 Å². The summed E-state index contributed by atoms with van der Waals surface area (Å²) in [7, 11) is 4.17. The number of carbonyl (C=O) groups is 1. The molecule has 2 atom stereocenters. The summed E-state index contributed by atoms with van der Waals surface area (Å²) in [6.07, 6.45) is 0. The third-order valence-corrected chi connectivity index (χ3v) is 4.71. The fraction of sp³-hybridized carbons (Fsp3) is 0.778. The van der Waals surface area contributed by atoms with Crippen LogP contribution in [-0.2, 0) is 5.54 Å². The molecule has 1 aromatic rings. The van der Waals surface area contributed by atoms with Gasteiger partial charge in [0, 0.05) is 24.8 Å². The summed E-state index contributed by atoms with van der Waals surface area (Å²) in [5.74, 6) is 0.893. The van der Waals surface area contributed by atoms with Crippen molar-refractivity contribution in [3.8, 4) is 0 Å². The number of amides is 1. The number of likely N-dealkylation sites (N-methyl/N-ethyl adjacent to an activating group) is 1. The number of hydrogen-bond acceptors (Lipinski definition) is 3. The van der Waals surface area contributed by atoms with E-state index in [1.165, 1.54) is 0 Å². The number of aromatic nitrogens is 2. The third kappa shape index (κ3) is 3.60. The average molecular weight is 320 g/mol. The van der Waals surface area contributed by atoms with Crippen LogP contribution in [0.4, 0.5) is 0 Å². The maximum atomic E-state index is 12.9. The highest BCUT2D eigenvalue weighted by Crippen LogP contribution is 2.26. The van der Waals surface area contributed by atoms with Crippen molar-refractivity contribution in [3.05, 3.63) is 17.5 Å². The average Bonchev–Trinajstić information content (AvgIpc) is 3.00. The molecule has 1 amide bonds. The first-order valence-corrected chi connectivity index (χ1v) is 8.58. The van der Waals surface area contributed by atoms with Crippen LogP contribution in [0.2, 0.25) is 0 Å². The summed E-state index contributed by atoms with van der Waals surface area (Å²) in [6.45, 7) is 14.5. The van der Waals surface area contributed by atoms with Crippen LogP contribution in [0.15, 0.2) is 6.07 Å². The largest absolute Gasteiger partial charge is 0.335 e. The van der Waals surface area contributed by atoms with Gasteiger partial charge >= 0.3 is 0 Å². The molecule has 0 spiro atoms. The highest BCUT2D eigenvalue weighted by Gasteiger charge is 2.35. The van der Waals surface area contributed by atoms with Gasteiger partial charge < -0.3 is 9.80 Å². The molecule has 0 unspecified atom stereocenters. The zero-order chi connectivity index (χ0) is 17.5. The highest BCUT2D eigenvalue weighted by molar-refractivity contribution is 5.92. The van der Waals surface area contributed by atoms with Crippen molar-refractivity contribution in [2.75, 3.05) is 27.2 Å². The third-order valence-electron chi connectivity index (χ3n) is 4.71. The topological polar surface area (TPSA) is 41.4 Å². The van der Waals surface area contributed by atoms with Gasteiger partial charge in [-0.2, -0.15) is 5.10 Å². The first kappa shape index (κ1) is 18.0. The van der Waals surface area contributed by atoms with Crippen molar-refractivity contribution in [1.29, 1.82) is 0 Å². The van der Waals surface area contributed by atoms with Gasteiger partial charge in [0.2, 0.25) is 0 Å². The second-order valence-corrected chi connectivity index (χ2v) is 8.41. The van der Waals surface area contributed by atoms with E-state index < -0.39 is 0 Å². The van der Waals surface area contributed by atoms with E-state index in [0.717, 1.165) is 18.8 Å². The number of rotatable bonds is 3. The van der Waals surface area contributed by atoms with Crippen LogP contribution in [0.3, 0.4) is 0 Å². The van der Waals surface area contributed by atoms with E-state index in [1.54, 1.807) is 0 Å². The predicted octanol–water partition coefficient (Wildman–Crippen LogP) is 2.78. The molecule has 0 bridgehead atoms. The number of hydrogen-bond donors (Lipinski definition) is 0. The van der Waals surface area contributed by atoms with Gasteiger partial charge in [0.15, 0.2) is 5.69 Å². The van der Waals surface area contributed by atoms with Crippen molar-refractivity contribution in [2.24, 2.45) is 5.92 Å². The molecule has 23 heavy (non-hydrogen) atoms. The van der Waals surface area contributed by atoms with Crippen LogP contribution in [0.25, 0.3) is 0 Å². The monoisotopic (exact) mass is 320 g/mol. The summed E-state index contributed by atoms with van der Waals surface area (Å²) in [4.78, 5) is 17.1. The Morgan fingerprint density at radius 2 is 1.91 bits per heavy atom. The predicted molar refractivity (Wildman–Crippen MR) is 93.9 cm³/mol. The highest BCUT2D eigenvalue weighted by atomic mass is 16.2. The van der Waals surface area contributed by atoms with Gasteiger partial charge in [0.05, 0.1) is 5.54 Å². The van der Waals surface area contributed by atoms with E-state index in [-0.39, 0.29) is 11.4 Å². The molecule has 1 aliphatic rings. The summed E-state index contributed by atoms with van der Waals surface area (Å²) in [5, 5.41) is 4.65. The molecule has 0 aliphatic carbocycles. The van der Waals surface area contributed by atoms with Gasteiger partial charge in [-0.25, -0.2) is 0 Å². The Hall–Kier alpha value is -1.36. The molecule has 1 saturated heterocycles. The molecule has 5 nitrogen and oxygen atoms in total. The summed E-state index contributed by atoms with van der Waals surface area (Å²) >= 11 is 0. The first-order valence-electron chi connectivity index (χ1n) is 8.58. The molecule has 1 aliphatic heterocycles. The van der Waals surface area contributed by atoms with E-state index in [4.69, 9.17) is 0 Å². The zero-order valence-electron chi connectivity index (χ0n) is 15.9. The minimum Gasteiger partial charge on any atom is -0.335 e. The van der Waals surface area contributed by atoms with Crippen LogP contribution < -0.4 is 0 Å². The van der Waals surface area contributed by atoms with Crippen molar-refractivity contribution in [2.45, 2.75) is 59.0 Å². The Morgan fingerprint density at radius 1 is 1.30 bits per heavy atom. The number of carbonyl (C=O) groups excluding carboxylic acids is 1. The van der Waals surface area contributed by atoms with Gasteiger partial charge in [0.1, 0.15) is 0 Å². The lowest BCUT2D eigenvalue weighted by molar-refractivity contribution is 0.0774. The van der Waals surface area contributed by atoms with E-state index in [1.807, 2.05) is 15.6 Å². The molecule has 2 heterocycles. The summed E-state index contributed by atoms with van der Waals surface area (Å²) < 4.78 is 2.01. The van der Waals surface area contributed by atoms with E-state index in [9.17, 15) is 4.79 Å². The Morgan fingerprint density at radius 3 is 2.30 bits per heavy atom. The fourth-order valence-electron chi connectivity index (χ4n) is 3.40. The Bertz CT molecular complexity index is 568. The van der Waals surface area contributed by atoms with Gasteiger partial charge in [-0.05, 0) is 52.8 Å². The Labute approximate surface area is 140 Å². The van der Waals surface area contributed by atoms with Gasteiger partial charge in [0.25, 0.3) is 5.91 Å². The number of nitrogens with zero attached hydrogens (tertiary/aromatic N) is 4. The standard InChI is InChI=1S/C18H32N4O/c1-12(2)15-9-14(19-22(15)18(4,5)6)17(23)21-10-13(3)16(11-21)20(7)8/h9,12-13,16H,10-11H2,1-8H3/t13-,16+/m0/s1. The molecule has 5 heteroatoms. The summed E-state index contributed by atoms with van der Waals surface area (Å²) in [6, 6.07) is 2.40. The maximum Gasteiger partial charge on any atom is 0.274 e. The molecular formula is C18H32N4O. The molecular weight excluding hydrogens is 288 g/mol. The van der Waals surface area contributed by atoms with Gasteiger partial charge in [-0.3, -0.25) is 9.48 Å². The van der Waals surface area contributed by atoms with Crippen LogP contribution in [0.5, 0.6) is 0 Å². The lowest BCUT2D eigenvalue weighted by atomic mass is 10.1. The van der Waals surface area contributed by atoms with Crippen molar-refractivity contribution < 1.29 is 4.79 Å². The molecule has 0 saturated carbocycles.